The van der Waals surface area contributed by atoms with Crippen molar-refractivity contribution < 1.29 is 24.5 Å². The third-order valence-electron chi connectivity index (χ3n) is 3.45. The highest BCUT2D eigenvalue weighted by Gasteiger charge is 2.35. The summed E-state index contributed by atoms with van der Waals surface area (Å²) in [5.74, 6) is -0.965. The van der Waals surface area contributed by atoms with E-state index in [0.717, 1.165) is 0 Å². The summed E-state index contributed by atoms with van der Waals surface area (Å²) in [5.41, 5.74) is 0. The third kappa shape index (κ3) is 5.44. The van der Waals surface area contributed by atoms with Crippen molar-refractivity contribution in [3.05, 3.63) is 0 Å². The lowest BCUT2D eigenvalue weighted by Crippen LogP contribution is -2.35. The number of aliphatic hydroxyl groups excluding tert-OH is 1. The Morgan fingerprint density at radius 1 is 1.42 bits per heavy atom. The van der Waals surface area contributed by atoms with Crippen LogP contribution in [0.5, 0.6) is 0 Å². The van der Waals surface area contributed by atoms with Crippen molar-refractivity contribution >= 4 is 5.97 Å². The highest BCUT2D eigenvalue weighted by molar-refractivity contribution is 5.71. The first-order chi connectivity index (χ1) is 8.93. The second-order valence-electron chi connectivity index (χ2n) is 5.39. The van der Waals surface area contributed by atoms with Crippen LogP contribution in [-0.4, -0.2) is 73.2 Å². The lowest BCUT2D eigenvalue weighted by Gasteiger charge is -2.21. The molecule has 2 unspecified atom stereocenters. The molecule has 0 bridgehead atoms. The number of hydrogen-bond acceptors (Lipinski definition) is 5. The van der Waals surface area contributed by atoms with E-state index in [2.05, 4.69) is 0 Å². The van der Waals surface area contributed by atoms with Gasteiger partial charge in [0.25, 0.3) is 0 Å². The maximum absolute atomic E-state index is 11.0. The fraction of sp³-hybridized carbons (Fsp3) is 0.923. The predicted octanol–water partition coefficient (Wildman–Crippen LogP) is 0.0513. The SMILES string of the molecule is COCC(C)OCC(O)CN1C[C@@H](C)[C@H](C(=O)O)C1. The van der Waals surface area contributed by atoms with Crippen molar-refractivity contribution in [3.63, 3.8) is 0 Å². The fourth-order valence-electron chi connectivity index (χ4n) is 2.45. The van der Waals surface area contributed by atoms with Crippen LogP contribution in [0.3, 0.4) is 0 Å². The Balaban J connectivity index is 2.26. The lowest BCUT2D eigenvalue weighted by molar-refractivity contribution is -0.142. The number of aliphatic carboxylic acids is 1. The van der Waals surface area contributed by atoms with Crippen LogP contribution in [0.15, 0.2) is 0 Å². The van der Waals surface area contributed by atoms with Crippen molar-refractivity contribution in [2.24, 2.45) is 11.8 Å². The molecule has 0 aromatic carbocycles. The summed E-state index contributed by atoms with van der Waals surface area (Å²) in [5, 5.41) is 18.9. The highest BCUT2D eigenvalue weighted by Crippen LogP contribution is 2.23. The largest absolute Gasteiger partial charge is 0.481 e. The summed E-state index contributed by atoms with van der Waals surface area (Å²) >= 11 is 0. The quantitative estimate of drug-likeness (QED) is 0.652. The van der Waals surface area contributed by atoms with Gasteiger partial charge in [0.05, 0.1) is 31.3 Å². The zero-order valence-corrected chi connectivity index (χ0v) is 11.9. The van der Waals surface area contributed by atoms with E-state index in [4.69, 9.17) is 14.6 Å². The molecule has 6 heteroatoms. The van der Waals surface area contributed by atoms with Crippen LogP contribution in [-0.2, 0) is 14.3 Å². The summed E-state index contributed by atoms with van der Waals surface area (Å²) in [6.07, 6.45) is -0.650. The molecule has 1 rings (SSSR count). The van der Waals surface area contributed by atoms with E-state index >= 15 is 0 Å². The van der Waals surface area contributed by atoms with E-state index < -0.39 is 12.1 Å². The van der Waals surface area contributed by atoms with Gasteiger partial charge in [-0.1, -0.05) is 6.92 Å². The van der Waals surface area contributed by atoms with E-state index in [1.807, 2.05) is 18.7 Å². The van der Waals surface area contributed by atoms with E-state index in [1.165, 1.54) is 0 Å². The Hall–Kier alpha value is -0.690. The average molecular weight is 275 g/mol. The minimum atomic E-state index is -0.755. The molecule has 4 atom stereocenters. The number of carboxylic acids is 1. The topological polar surface area (TPSA) is 79.2 Å². The number of methoxy groups -OCH3 is 1. The lowest BCUT2D eigenvalue weighted by atomic mass is 9.99. The third-order valence-corrected chi connectivity index (χ3v) is 3.45. The molecule has 1 fully saturated rings. The number of aliphatic hydroxyl groups is 1. The van der Waals surface area contributed by atoms with Crippen LogP contribution < -0.4 is 0 Å². The zero-order chi connectivity index (χ0) is 14.4. The monoisotopic (exact) mass is 275 g/mol. The number of rotatable bonds is 8. The van der Waals surface area contributed by atoms with Crippen LogP contribution in [0.2, 0.25) is 0 Å². The number of carboxylic acid groups (broad SMARTS) is 1. The second-order valence-corrected chi connectivity index (χ2v) is 5.39. The second kappa shape index (κ2) is 7.79. The predicted molar refractivity (Wildman–Crippen MR) is 70.0 cm³/mol. The zero-order valence-electron chi connectivity index (χ0n) is 11.9. The molecule has 1 aliphatic rings. The van der Waals surface area contributed by atoms with Crippen molar-refractivity contribution in [2.45, 2.75) is 26.1 Å². The van der Waals surface area contributed by atoms with Gasteiger partial charge in [0.1, 0.15) is 0 Å². The van der Waals surface area contributed by atoms with Crippen LogP contribution in [0.25, 0.3) is 0 Å². The van der Waals surface area contributed by atoms with Gasteiger partial charge >= 0.3 is 5.97 Å². The summed E-state index contributed by atoms with van der Waals surface area (Å²) in [7, 11) is 1.61. The van der Waals surface area contributed by atoms with Gasteiger partial charge in [-0.05, 0) is 12.8 Å². The Labute approximate surface area is 114 Å². The maximum atomic E-state index is 11.0. The van der Waals surface area contributed by atoms with Gasteiger partial charge in [-0.2, -0.15) is 0 Å². The first-order valence-corrected chi connectivity index (χ1v) is 6.67. The van der Waals surface area contributed by atoms with Gasteiger partial charge in [0.15, 0.2) is 0 Å². The number of β-amino-alcohol motifs (C(OH)–C–C–N with tert-alkyl or cyclic N) is 1. The van der Waals surface area contributed by atoms with Crippen LogP contribution in [0.4, 0.5) is 0 Å². The number of hydrogen-bond donors (Lipinski definition) is 2. The molecule has 0 aromatic heterocycles. The van der Waals surface area contributed by atoms with E-state index in [0.29, 0.717) is 26.2 Å². The number of ether oxygens (including phenoxy) is 2. The highest BCUT2D eigenvalue weighted by atomic mass is 16.5. The number of likely N-dealkylation sites (tertiary alicyclic amines) is 1. The summed E-state index contributed by atoms with van der Waals surface area (Å²) < 4.78 is 10.4. The molecule has 1 saturated heterocycles. The first-order valence-electron chi connectivity index (χ1n) is 6.67. The molecule has 6 nitrogen and oxygen atoms in total. The van der Waals surface area contributed by atoms with Crippen molar-refractivity contribution in [3.8, 4) is 0 Å². The molecule has 0 radical (unpaired) electrons. The minimum Gasteiger partial charge on any atom is -0.481 e. The van der Waals surface area contributed by atoms with Gasteiger partial charge < -0.3 is 19.7 Å². The molecule has 0 aliphatic carbocycles. The Morgan fingerprint density at radius 3 is 2.63 bits per heavy atom. The molecule has 112 valence electrons. The summed E-state index contributed by atoms with van der Waals surface area (Å²) in [6, 6.07) is 0. The molecule has 19 heavy (non-hydrogen) atoms. The normalized spacial score (nSPS) is 27.4. The maximum Gasteiger partial charge on any atom is 0.308 e. The van der Waals surface area contributed by atoms with Crippen LogP contribution in [0.1, 0.15) is 13.8 Å². The minimum absolute atomic E-state index is 0.0519. The van der Waals surface area contributed by atoms with Crippen molar-refractivity contribution in [1.82, 2.24) is 4.90 Å². The van der Waals surface area contributed by atoms with E-state index in [1.54, 1.807) is 7.11 Å². The number of carbonyl (C=O) groups is 1. The van der Waals surface area contributed by atoms with Crippen molar-refractivity contribution in [2.75, 3.05) is 40.0 Å². The van der Waals surface area contributed by atoms with Gasteiger partial charge in [-0.25, -0.2) is 0 Å². The molecular weight excluding hydrogens is 250 g/mol. The standard InChI is InChI=1S/C13H25NO5/c1-9-4-14(6-12(9)13(16)17)5-11(15)8-19-10(2)7-18-3/h9-12,15H,4-8H2,1-3H3,(H,16,17)/t9-,10?,11?,12-/m1/s1. The van der Waals surface area contributed by atoms with E-state index in [9.17, 15) is 9.90 Å². The molecule has 0 saturated carbocycles. The average Bonchev–Trinajstić information content (AvgIpc) is 2.68. The smallest absolute Gasteiger partial charge is 0.308 e. The van der Waals surface area contributed by atoms with Crippen molar-refractivity contribution in [1.29, 1.82) is 0 Å². The van der Waals surface area contributed by atoms with Crippen LogP contribution in [0, 0.1) is 11.8 Å². The van der Waals surface area contributed by atoms with Gasteiger partial charge in [-0.3, -0.25) is 9.69 Å². The first kappa shape index (κ1) is 16.4. The molecule has 1 aliphatic heterocycles. The van der Waals surface area contributed by atoms with Gasteiger partial charge in [-0.15, -0.1) is 0 Å². The van der Waals surface area contributed by atoms with Gasteiger partial charge in [0.2, 0.25) is 0 Å². The molecule has 0 amide bonds. The summed E-state index contributed by atoms with van der Waals surface area (Å²) in [4.78, 5) is 13.0. The molecule has 1 heterocycles. The summed E-state index contributed by atoms with van der Waals surface area (Å²) in [6.45, 7) is 6.22. The molecule has 2 N–H and O–H groups in total. The van der Waals surface area contributed by atoms with E-state index in [-0.39, 0.29) is 24.5 Å². The Kier molecular flexibility index (Phi) is 6.71. The molecule has 0 spiro atoms. The molecule has 0 aromatic rings. The van der Waals surface area contributed by atoms with Crippen LogP contribution >= 0.6 is 0 Å². The number of nitrogens with zero attached hydrogens (tertiary/aromatic N) is 1. The van der Waals surface area contributed by atoms with Gasteiger partial charge in [0, 0.05) is 26.7 Å². The Bertz CT molecular complexity index is 286. The Morgan fingerprint density at radius 2 is 2.11 bits per heavy atom. The fourth-order valence-corrected chi connectivity index (χ4v) is 2.45. The molecular formula is C13H25NO5.